The summed E-state index contributed by atoms with van der Waals surface area (Å²) in [6.07, 6.45) is 2.21. The summed E-state index contributed by atoms with van der Waals surface area (Å²) in [6.45, 7) is 3.87. The van der Waals surface area contributed by atoms with Crippen LogP contribution in [0.5, 0.6) is 5.75 Å². The first-order chi connectivity index (χ1) is 9.99. The SMILES string of the molecule is COc1ccc(NC(=O)CC(C)n2ccc(C)n2)cc1Cl. The zero-order chi connectivity index (χ0) is 15.4. The van der Waals surface area contributed by atoms with Crippen molar-refractivity contribution in [1.29, 1.82) is 0 Å². The number of rotatable bonds is 5. The highest BCUT2D eigenvalue weighted by Crippen LogP contribution is 2.27. The lowest BCUT2D eigenvalue weighted by Crippen LogP contribution is -2.18. The van der Waals surface area contributed by atoms with Gasteiger partial charge in [0.1, 0.15) is 5.75 Å². The van der Waals surface area contributed by atoms with Crippen molar-refractivity contribution in [3.05, 3.63) is 41.2 Å². The van der Waals surface area contributed by atoms with E-state index in [2.05, 4.69) is 10.4 Å². The number of halogens is 1. The predicted molar refractivity (Wildman–Crippen MR) is 82.9 cm³/mol. The van der Waals surface area contributed by atoms with Crippen LogP contribution in [0.3, 0.4) is 0 Å². The van der Waals surface area contributed by atoms with Crippen molar-refractivity contribution in [1.82, 2.24) is 9.78 Å². The normalized spacial score (nSPS) is 12.0. The van der Waals surface area contributed by atoms with Crippen LogP contribution in [0.25, 0.3) is 0 Å². The van der Waals surface area contributed by atoms with Crippen molar-refractivity contribution in [3.63, 3.8) is 0 Å². The van der Waals surface area contributed by atoms with Gasteiger partial charge in [0.05, 0.1) is 23.9 Å². The number of hydrogen-bond acceptors (Lipinski definition) is 3. The Hall–Kier alpha value is -2.01. The van der Waals surface area contributed by atoms with E-state index in [4.69, 9.17) is 16.3 Å². The van der Waals surface area contributed by atoms with E-state index in [9.17, 15) is 4.79 Å². The third-order valence-corrected chi connectivity index (χ3v) is 3.41. The largest absolute Gasteiger partial charge is 0.495 e. The average Bonchev–Trinajstić information content (AvgIpc) is 2.85. The monoisotopic (exact) mass is 307 g/mol. The molecule has 0 saturated carbocycles. The summed E-state index contributed by atoms with van der Waals surface area (Å²) in [4.78, 5) is 12.0. The molecule has 1 unspecified atom stereocenters. The Bertz CT molecular complexity index is 640. The molecule has 1 aromatic heterocycles. The maximum Gasteiger partial charge on any atom is 0.226 e. The first-order valence-electron chi connectivity index (χ1n) is 6.64. The van der Waals surface area contributed by atoms with Crippen LogP contribution in [0.4, 0.5) is 5.69 Å². The van der Waals surface area contributed by atoms with Crippen LogP contribution in [0.15, 0.2) is 30.5 Å². The van der Waals surface area contributed by atoms with Gasteiger partial charge in [0.25, 0.3) is 0 Å². The fourth-order valence-corrected chi connectivity index (χ4v) is 2.25. The minimum absolute atomic E-state index is 0.00702. The van der Waals surface area contributed by atoms with Crippen LogP contribution in [0.2, 0.25) is 5.02 Å². The van der Waals surface area contributed by atoms with E-state index in [1.807, 2.05) is 26.1 Å². The van der Waals surface area contributed by atoms with E-state index < -0.39 is 0 Å². The first kappa shape index (κ1) is 15.4. The lowest BCUT2D eigenvalue weighted by molar-refractivity contribution is -0.116. The van der Waals surface area contributed by atoms with E-state index in [1.165, 1.54) is 0 Å². The molecule has 0 fully saturated rings. The number of carbonyl (C=O) groups is 1. The zero-order valence-corrected chi connectivity index (χ0v) is 13.0. The van der Waals surface area contributed by atoms with Crippen molar-refractivity contribution in [2.24, 2.45) is 0 Å². The van der Waals surface area contributed by atoms with Crippen molar-refractivity contribution < 1.29 is 9.53 Å². The van der Waals surface area contributed by atoms with Gasteiger partial charge in [-0.05, 0) is 38.1 Å². The van der Waals surface area contributed by atoms with Gasteiger partial charge in [0.15, 0.2) is 0 Å². The molecule has 1 heterocycles. The van der Waals surface area contributed by atoms with Gasteiger partial charge in [-0.2, -0.15) is 5.10 Å². The number of aryl methyl sites for hydroxylation is 1. The molecule has 0 saturated heterocycles. The molecule has 0 spiro atoms. The number of hydrogen-bond donors (Lipinski definition) is 1. The molecule has 21 heavy (non-hydrogen) atoms. The fourth-order valence-electron chi connectivity index (χ4n) is 2.00. The van der Waals surface area contributed by atoms with Crippen LogP contribution in [-0.2, 0) is 4.79 Å². The molecule has 1 aromatic carbocycles. The van der Waals surface area contributed by atoms with E-state index in [0.717, 1.165) is 5.69 Å². The Morgan fingerprint density at radius 2 is 2.24 bits per heavy atom. The summed E-state index contributed by atoms with van der Waals surface area (Å²) in [7, 11) is 1.55. The van der Waals surface area contributed by atoms with Crippen molar-refractivity contribution in [2.45, 2.75) is 26.3 Å². The third-order valence-electron chi connectivity index (χ3n) is 3.11. The zero-order valence-electron chi connectivity index (χ0n) is 12.3. The number of amides is 1. The fraction of sp³-hybridized carbons (Fsp3) is 0.333. The number of methoxy groups -OCH3 is 1. The third kappa shape index (κ3) is 3.98. The first-order valence-corrected chi connectivity index (χ1v) is 7.02. The second-order valence-electron chi connectivity index (χ2n) is 4.89. The Kier molecular flexibility index (Phi) is 4.85. The highest BCUT2D eigenvalue weighted by molar-refractivity contribution is 6.32. The highest BCUT2D eigenvalue weighted by atomic mass is 35.5. The molecular weight excluding hydrogens is 290 g/mol. The Morgan fingerprint density at radius 3 is 2.81 bits per heavy atom. The van der Waals surface area contributed by atoms with E-state index in [1.54, 1.807) is 30.0 Å². The number of nitrogens with zero attached hydrogens (tertiary/aromatic N) is 2. The summed E-state index contributed by atoms with van der Waals surface area (Å²) in [5, 5.41) is 7.59. The Morgan fingerprint density at radius 1 is 1.48 bits per heavy atom. The quantitative estimate of drug-likeness (QED) is 0.920. The number of ether oxygens (including phenoxy) is 1. The average molecular weight is 308 g/mol. The number of carbonyl (C=O) groups excluding carboxylic acids is 1. The molecule has 112 valence electrons. The maximum absolute atomic E-state index is 12.0. The minimum atomic E-state index is -0.0862. The molecule has 0 aliphatic carbocycles. The Labute approximate surface area is 128 Å². The molecule has 2 aromatic rings. The van der Waals surface area contributed by atoms with Gasteiger partial charge in [-0.15, -0.1) is 0 Å². The number of anilines is 1. The van der Waals surface area contributed by atoms with Gasteiger partial charge in [-0.3, -0.25) is 9.48 Å². The van der Waals surface area contributed by atoms with Crippen LogP contribution in [0.1, 0.15) is 25.1 Å². The van der Waals surface area contributed by atoms with Crippen LogP contribution >= 0.6 is 11.6 Å². The van der Waals surface area contributed by atoms with Crippen LogP contribution in [-0.4, -0.2) is 22.8 Å². The van der Waals surface area contributed by atoms with Crippen molar-refractivity contribution in [3.8, 4) is 5.75 Å². The van der Waals surface area contributed by atoms with Crippen LogP contribution in [0, 0.1) is 6.92 Å². The van der Waals surface area contributed by atoms with Crippen molar-refractivity contribution >= 4 is 23.2 Å². The topological polar surface area (TPSA) is 56.1 Å². The van der Waals surface area contributed by atoms with Gasteiger partial charge in [0, 0.05) is 18.3 Å². The summed E-state index contributed by atoms with van der Waals surface area (Å²) in [5.74, 6) is 0.493. The van der Waals surface area contributed by atoms with Crippen molar-refractivity contribution in [2.75, 3.05) is 12.4 Å². The summed E-state index contributed by atoms with van der Waals surface area (Å²) >= 11 is 6.03. The Balaban J connectivity index is 1.97. The molecule has 0 aliphatic heterocycles. The number of benzene rings is 1. The van der Waals surface area contributed by atoms with Crippen LogP contribution < -0.4 is 10.1 Å². The molecule has 1 atom stereocenters. The van der Waals surface area contributed by atoms with E-state index in [-0.39, 0.29) is 11.9 Å². The predicted octanol–water partition coefficient (Wildman–Crippen LogP) is 3.44. The molecule has 0 aliphatic rings. The molecule has 2 rings (SSSR count). The lowest BCUT2D eigenvalue weighted by Gasteiger charge is -2.13. The molecule has 1 amide bonds. The molecule has 5 nitrogen and oxygen atoms in total. The van der Waals surface area contributed by atoms with Gasteiger partial charge in [-0.25, -0.2) is 0 Å². The molecule has 1 N–H and O–H groups in total. The number of nitrogens with one attached hydrogen (secondary N) is 1. The molecule has 0 radical (unpaired) electrons. The number of aromatic nitrogens is 2. The summed E-state index contributed by atoms with van der Waals surface area (Å²) in [6, 6.07) is 7.05. The second kappa shape index (κ2) is 6.63. The molecule has 0 bridgehead atoms. The van der Waals surface area contributed by atoms with Gasteiger partial charge >= 0.3 is 0 Å². The van der Waals surface area contributed by atoms with Gasteiger partial charge in [-0.1, -0.05) is 11.6 Å². The molecular formula is C15H18ClN3O2. The standard InChI is InChI=1S/C15H18ClN3O2/c1-10-6-7-19(18-10)11(2)8-15(20)17-12-4-5-14(21-3)13(16)9-12/h4-7,9,11H,8H2,1-3H3,(H,17,20). The minimum Gasteiger partial charge on any atom is -0.495 e. The lowest BCUT2D eigenvalue weighted by atomic mass is 10.2. The highest BCUT2D eigenvalue weighted by Gasteiger charge is 2.12. The van der Waals surface area contributed by atoms with Gasteiger partial charge in [0.2, 0.25) is 5.91 Å². The van der Waals surface area contributed by atoms with Gasteiger partial charge < -0.3 is 10.1 Å². The van der Waals surface area contributed by atoms with E-state index in [0.29, 0.717) is 22.9 Å². The summed E-state index contributed by atoms with van der Waals surface area (Å²) < 4.78 is 6.86. The maximum atomic E-state index is 12.0. The second-order valence-corrected chi connectivity index (χ2v) is 5.29. The smallest absolute Gasteiger partial charge is 0.226 e. The summed E-state index contributed by atoms with van der Waals surface area (Å²) in [5.41, 5.74) is 1.58. The molecule has 6 heteroatoms. The van der Waals surface area contributed by atoms with E-state index >= 15 is 0 Å².